The average molecular weight is 353 g/mol. The first-order chi connectivity index (χ1) is 12.8. The number of aromatic nitrogens is 6. The van der Waals surface area contributed by atoms with Crippen LogP contribution in [0, 0.1) is 5.82 Å². The number of H-pyrrole nitrogens is 1. The van der Waals surface area contributed by atoms with E-state index in [1.165, 1.54) is 12.4 Å². The number of anilines is 1. The Morgan fingerprint density at radius 2 is 2.23 bits per heavy atom. The van der Waals surface area contributed by atoms with Gasteiger partial charge < -0.3 is 19.6 Å². The number of ether oxygens (including phenoxy) is 1. The quantitative estimate of drug-likeness (QED) is 0.585. The smallest absolute Gasteiger partial charge is 0.182 e. The zero-order chi connectivity index (χ0) is 17.5. The van der Waals surface area contributed by atoms with Gasteiger partial charge in [-0.2, -0.15) is 0 Å². The molecule has 0 amide bonds. The van der Waals surface area contributed by atoms with Crippen molar-refractivity contribution in [3.8, 4) is 5.75 Å². The van der Waals surface area contributed by atoms with E-state index in [-0.39, 0.29) is 5.82 Å². The normalized spacial score (nSPS) is 13.7. The average Bonchev–Trinajstić information content (AvgIpc) is 3.19. The summed E-state index contributed by atoms with van der Waals surface area (Å²) in [6.45, 7) is 1.90. The predicted molar refractivity (Wildman–Crippen MR) is 93.7 cm³/mol. The fourth-order valence-corrected chi connectivity index (χ4v) is 3.37. The van der Waals surface area contributed by atoms with Crippen LogP contribution in [0.3, 0.4) is 0 Å². The van der Waals surface area contributed by atoms with E-state index in [9.17, 15) is 4.39 Å². The molecule has 1 aliphatic heterocycles. The Kier molecular flexibility index (Phi) is 3.44. The highest BCUT2D eigenvalue weighted by molar-refractivity contribution is 5.83. The number of nitrogens with one attached hydrogen (secondary N) is 2. The summed E-state index contributed by atoms with van der Waals surface area (Å²) in [5.41, 5.74) is 2.90. The molecule has 0 saturated heterocycles. The van der Waals surface area contributed by atoms with E-state index in [1.807, 2.05) is 0 Å². The number of rotatable bonds is 4. The van der Waals surface area contributed by atoms with E-state index in [0.29, 0.717) is 36.8 Å². The first-order valence-electron chi connectivity index (χ1n) is 8.49. The Labute approximate surface area is 147 Å². The molecule has 0 unspecified atom stereocenters. The molecule has 0 aliphatic carbocycles. The topological polar surface area (TPSA) is 93.5 Å². The fraction of sp³-hybridized carbons (Fsp3) is 0.294. The lowest BCUT2D eigenvalue weighted by Gasteiger charge is -2.08. The van der Waals surface area contributed by atoms with Crippen LogP contribution in [0.1, 0.15) is 12.2 Å². The molecule has 5 rings (SSSR count). The molecule has 2 N–H and O–H groups in total. The summed E-state index contributed by atoms with van der Waals surface area (Å²) < 4.78 is 21.8. The first-order valence-corrected chi connectivity index (χ1v) is 8.49. The number of nitrogens with zero attached hydrogens (tertiary/aromatic N) is 5. The molecule has 0 bridgehead atoms. The molecular formula is C17H16FN7O. The highest BCUT2D eigenvalue weighted by atomic mass is 19.1. The van der Waals surface area contributed by atoms with Gasteiger partial charge in [-0.15, -0.1) is 0 Å². The van der Waals surface area contributed by atoms with Gasteiger partial charge in [0.25, 0.3) is 0 Å². The maximum absolute atomic E-state index is 14.1. The largest absolute Gasteiger partial charge is 0.488 e. The summed E-state index contributed by atoms with van der Waals surface area (Å²) in [5, 5.41) is 3.30. The lowest BCUT2D eigenvalue weighted by molar-refractivity contribution is 0.301. The molecule has 0 saturated carbocycles. The molecule has 132 valence electrons. The van der Waals surface area contributed by atoms with E-state index >= 15 is 0 Å². The molecule has 0 radical (unpaired) electrons. The Hall–Kier alpha value is -3.23. The lowest BCUT2D eigenvalue weighted by Crippen LogP contribution is -2.12. The van der Waals surface area contributed by atoms with E-state index in [2.05, 4.69) is 34.8 Å². The zero-order valence-electron chi connectivity index (χ0n) is 13.9. The molecule has 4 heterocycles. The molecule has 1 aromatic carbocycles. The summed E-state index contributed by atoms with van der Waals surface area (Å²) in [6, 6.07) is 3.12. The van der Waals surface area contributed by atoms with Gasteiger partial charge in [-0.05, 0) is 18.6 Å². The predicted octanol–water partition coefficient (Wildman–Crippen LogP) is 2.28. The van der Waals surface area contributed by atoms with Crippen LogP contribution in [0.15, 0.2) is 24.8 Å². The Bertz CT molecular complexity index is 1100. The standard InChI is InChI=1S/C17H16FN7O/c18-10-2-3-11-14-15(10)26-7-1-6-25(14)12(24-11)4-5-19-16-13-17(21-8-20-13)23-9-22-16/h2-3,8-9H,1,4-7H2,(H2,19,20,21,22,23). The SMILES string of the molecule is Fc1ccc2nc(CCNc3ncnc4nc[nH]c34)n3c2c1OCCC3. The van der Waals surface area contributed by atoms with Crippen molar-refractivity contribution in [2.24, 2.45) is 0 Å². The molecule has 26 heavy (non-hydrogen) atoms. The minimum Gasteiger partial charge on any atom is -0.488 e. The Morgan fingerprint density at radius 1 is 1.27 bits per heavy atom. The van der Waals surface area contributed by atoms with Crippen LogP contribution in [-0.2, 0) is 13.0 Å². The molecule has 8 nitrogen and oxygen atoms in total. The number of aryl methyl sites for hydroxylation is 1. The summed E-state index contributed by atoms with van der Waals surface area (Å²) in [7, 11) is 0. The van der Waals surface area contributed by atoms with Crippen molar-refractivity contribution >= 4 is 28.0 Å². The van der Waals surface area contributed by atoms with Crippen LogP contribution >= 0.6 is 0 Å². The van der Waals surface area contributed by atoms with Crippen LogP contribution in [0.4, 0.5) is 10.2 Å². The van der Waals surface area contributed by atoms with Gasteiger partial charge in [-0.25, -0.2) is 24.3 Å². The van der Waals surface area contributed by atoms with Gasteiger partial charge in [-0.1, -0.05) is 0 Å². The van der Waals surface area contributed by atoms with E-state index in [4.69, 9.17) is 4.74 Å². The van der Waals surface area contributed by atoms with Crippen LogP contribution in [0.2, 0.25) is 0 Å². The van der Waals surface area contributed by atoms with E-state index in [1.54, 1.807) is 12.4 Å². The number of hydrogen-bond donors (Lipinski definition) is 2. The lowest BCUT2D eigenvalue weighted by atomic mass is 10.3. The Balaban J connectivity index is 1.43. The molecule has 0 fully saturated rings. The van der Waals surface area contributed by atoms with E-state index in [0.717, 1.165) is 35.3 Å². The molecule has 0 atom stereocenters. The van der Waals surface area contributed by atoms with Crippen molar-refractivity contribution in [3.63, 3.8) is 0 Å². The van der Waals surface area contributed by atoms with Crippen molar-refractivity contribution < 1.29 is 9.13 Å². The number of fused-ring (bicyclic) bond motifs is 1. The second-order valence-corrected chi connectivity index (χ2v) is 6.13. The van der Waals surface area contributed by atoms with Crippen molar-refractivity contribution in [1.29, 1.82) is 0 Å². The maximum atomic E-state index is 14.1. The molecule has 9 heteroatoms. The first kappa shape index (κ1) is 15.1. The van der Waals surface area contributed by atoms with Crippen molar-refractivity contribution in [3.05, 3.63) is 36.4 Å². The van der Waals surface area contributed by atoms with Gasteiger partial charge in [0.1, 0.15) is 23.2 Å². The molecule has 3 aromatic heterocycles. The zero-order valence-corrected chi connectivity index (χ0v) is 13.9. The minimum absolute atomic E-state index is 0.307. The molecular weight excluding hydrogens is 337 g/mol. The second kappa shape index (κ2) is 5.94. The van der Waals surface area contributed by atoms with Gasteiger partial charge in [0.05, 0.1) is 18.5 Å². The van der Waals surface area contributed by atoms with Crippen molar-refractivity contribution in [2.45, 2.75) is 19.4 Å². The van der Waals surface area contributed by atoms with E-state index < -0.39 is 0 Å². The molecule has 4 aromatic rings. The molecule has 0 spiro atoms. The van der Waals surface area contributed by atoms with Gasteiger partial charge in [0, 0.05) is 19.5 Å². The highest BCUT2D eigenvalue weighted by Crippen LogP contribution is 2.32. The molecule has 1 aliphatic rings. The summed E-state index contributed by atoms with van der Waals surface area (Å²) >= 11 is 0. The van der Waals surface area contributed by atoms with Crippen molar-refractivity contribution in [2.75, 3.05) is 18.5 Å². The van der Waals surface area contributed by atoms with Gasteiger partial charge in [0.15, 0.2) is 23.0 Å². The monoisotopic (exact) mass is 353 g/mol. The van der Waals surface area contributed by atoms with Gasteiger partial charge >= 0.3 is 0 Å². The van der Waals surface area contributed by atoms with Crippen LogP contribution < -0.4 is 10.1 Å². The summed E-state index contributed by atoms with van der Waals surface area (Å²) in [4.78, 5) is 20.2. The van der Waals surface area contributed by atoms with Crippen LogP contribution in [-0.4, -0.2) is 42.6 Å². The van der Waals surface area contributed by atoms with Crippen LogP contribution in [0.5, 0.6) is 5.75 Å². The number of hydrogen-bond acceptors (Lipinski definition) is 6. The number of halogens is 1. The minimum atomic E-state index is -0.340. The number of aromatic amines is 1. The number of imidazole rings is 2. The second-order valence-electron chi connectivity index (χ2n) is 6.13. The fourth-order valence-electron chi connectivity index (χ4n) is 3.37. The van der Waals surface area contributed by atoms with Gasteiger partial charge in [0.2, 0.25) is 0 Å². The maximum Gasteiger partial charge on any atom is 0.182 e. The Morgan fingerprint density at radius 3 is 3.19 bits per heavy atom. The third-order valence-corrected chi connectivity index (χ3v) is 4.53. The third kappa shape index (κ3) is 2.35. The van der Waals surface area contributed by atoms with Gasteiger partial charge in [-0.3, -0.25) is 0 Å². The third-order valence-electron chi connectivity index (χ3n) is 4.53. The number of benzene rings is 1. The summed E-state index contributed by atoms with van der Waals surface area (Å²) in [5.74, 6) is 1.57. The highest BCUT2D eigenvalue weighted by Gasteiger charge is 2.20. The van der Waals surface area contributed by atoms with Crippen LogP contribution in [0.25, 0.3) is 22.2 Å². The summed E-state index contributed by atoms with van der Waals surface area (Å²) in [6.07, 6.45) is 4.57. The van der Waals surface area contributed by atoms with Crippen molar-refractivity contribution in [1.82, 2.24) is 29.5 Å².